The first-order chi connectivity index (χ1) is 14.5. The maximum absolute atomic E-state index is 13.0. The van der Waals surface area contributed by atoms with E-state index in [4.69, 9.17) is 45.3 Å². The van der Waals surface area contributed by atoms with E-state index in [0.29, 0.717) is 12.1 Å². The van der Waals surface area contributed by atoms with Crippen molar-refractivity contribution in [3.8, 4) is 29.2 Å². The minimum Gasteiger partial charge on any atom is -0.464 e. The number of halogens is 6. The van der Waals surface area contributed by atoms with Crippen LogP contribution in [-0.4, -0.2) is 32.8 Å². The highest BCUT2D eigenvalue weighted by Gasteiger charge is 2.34. The van der Waals surface area contributed by atoms with Crippen molar-refractivity contribution in [3.63, 3.8) is 0 Å². The average molecular weight is 490 g/mol. The molecule has 14 heteroatoms. The molecule has 0 atom stereocenters. The van der Waals surface area contributed by atoms with Crippen molar-refractivity contribution in [2.75, 3.05) is 7.11 Å². The van der Waals surface area contributed by atoms with Gasteiger partial charge in [-0.15, -0.1) is 0 Å². The number of carbonyl (C=O) groups excluding carboxylic acids is 1. The van der Waals surface area contributed by atoms with Gasteiger partial charge in [0.05, 0.1) is 28.3 Å². The summed E-state index contributed by atoms with van der Waals surface area (Å²) in [6.45, 7) is 0. The van der Waals surface area contributed by atoms with Gasteiger partial charge in [0.1, 0.15) is 28.8 Å². The molecular formula is C17H6Cl3F3N6O2. The topological polar surface area (TPSA) is 120 Å². The van der Waals surface area contributed by atoms with Crippen LogP contribution >= 0.6 is 34.8 Å². The predicted molar refractivity (Wildman–Crippen MR) is 102 cm³/mol. The second-order valence-electron chi connectivity index (χ2n) is 5.74. The third-order valence-electron chi connectivity index (χ3n) is 3.92. The van der Waals surface area contributed by atoms with Gasteiger partial charge in [-0.3, -0.25) is 0 Å². The fourth-order valence-electron chi connectivity index (χ4n) is 2.58. The lowest BCUT2D eigenvalue weighted by atomic mass is 10.2. The molecule has 0 saturated heterocycles. The van der Waals surface area contributed by atoms with Gasteiger partial charge in [0.25, 0.3) is 0 Å². The Morgan fingerprint density at radius 2 is 1.81 bits per heavy atom. The fraction of sp³-hybridized carbons (Fsp3) is 0.118. The van der Waals surface area contributed by atoms with Crippen molar-refractivity contribution < 1.29 is 22.7 Å². The number of nitriles is 2. The van der Waals surface area contributed by atoms with Crippen LogP contribution in [0.25, 0.3) is 17.1 Å². The number of rotatable bonds is 3. The zero-order valence-electron chi connectivity index (χ0n) is 15.0. The molecule has 3 rings (SSSR count). The molecule has 0 aliphatic heterocycles. The first-order valence-electron chi connectivity index (χ1n) is 7.87. The molecule has 0 unspecified atom stereocenters. The molecule has 0 saturated carbocycles. The van der Waals surface area contributed by atoms with Gasteiger partial charge in [-0.05, 0) is 12.1 Å². The molecule has 1 N–H and O–H groups in total. The van der Waals surface area contributed by atoms with Crippen LogP contribution in [0.15, 0.2) is 12.1 Å². The van der Waals surface area contributed by atoms with Gasteiger partial charge in [-0.25, -0.2) is 14.5 Å². The number of hydrogen-bond donors (Lipinski definition) is 1. The van der Waals surface area contributed by atoms with Crippen molar-refractivity contribution in [2.45, 2.75) is 6.18 Å². The Morgan fingerprint density at radius 1 is 1.19 bits per heavy atom. The Labute approximate surface area is 186 Å². The Hall–Kier alpha value is -3.25. The Kier molecular flexibility index (Phi) is 5.87. The number of methoxy groups -OCH3 is 1. The largest absolute Gasteiger partial charge is 0.464 e. The lowest BCUT2D eigenvalue weighted by Gasteiger charge is -2.13. The zero-order valence-corrected chi connectivity index (χ0v) is 17.2. The van der Waals surface area contributed by atoms with E-state index in [-0.39, 0.29) is 33.6 Å². The smallest absolute Gasteiger partial charge is 0.416 e. The third-order valence-corrected chi connectivity index (χ3v) is 4.85. The molecule has 8 nitrogen and oxygen atoms in total. The predicted octanol–water partition coefficient (Wildman–Crippen LogP) is 4.77. The maximum atomic E-state index is 13.0. The maximum Gasteiger partial charge on any atom is 0.416 e. The van der Waals surface area contributed by atoms with Gasteiger partial charge >= 0.3 is 12.1 Å². The monoisotopic (exact) mass is 488 g/mol. The lowest BCUT2D eigenvalue weighted by Crippen LogP contribution is -2.08. The van der Waals surface area contributed by atoms with E-state index >= 15 is 0 Å². The zero-order chi connectivity index (χ0) is 23.1. The summed E-state index contributed by atoms with van der Waals surface area (Å²) < 4.78 is 44.5. The Morgan fingerprint density at radius 3 is 2.26 bits per heavy atom. The summed E-state index contributed by atoms with van der Waals surface area (Å²) in [4.78, 5) is 18.7. The van der Waals surface area contributed by atoms with Gasteiger partial charge < -0.3 is 9.72 Å². The summed E-state index contributed by atoms with van der Waals surface area (Å²) in [5.74, 6) is -1.16. The molecule has 0 spiro atoms. The van der Waals surface area contributed by atoms with Crippen LogP contribution in [0.4, 0.5) is 13.2 Å². The number of esters is 1. The van der Waals surface area contributed by atoms with Gasteiger partial charge in [0.2, 0.25) is 0 Å². The van der Waals surface area contributed by atoms with E-state index < -0.39 is 33.4 Å². The van der Waals surface area contributed by atoms with Crippen LogP contribution in [0.5, 0.6) is 0 Å². The van der Waals surface area contributed by atoms with E-state index in [0.717, 1.165) is 11.8 Å². The Balaban J connectivity index is 2.31. The highest BCUT2D eigenvalue weighted by molar-refractivity contribution is 6.38. The summed E-state index contributed by atoms with van der Waals surface area (Å²) in [6.07, 6.45) is -4.71. The quantitative estimate of drug-likeness (QED) is 0.529. The summed E-state index contributed by atoms with van der Waals surface area (Å²) in [5.41, 5.74) is -2.43. The van der Waals surface area contributed by atoms with E-state index in [2.05, 4.69) is 19.8 Å². The van der Waals surface area contributed by atoms with E-state index in [9.17, 15) is 18.0 Å². The van der Waals surface area contributed by atoms with Gasteiger partial charge in [0.15, 0.2) is 17.1 Å². The number of hydrogen-bond acceptors (Lipinski definition) is 6. The van der Waals surface area contributed by atoms with E-state index in [1.54, 1.807) is 12.1 Å². The molecular weight excluding hydrogens is 484 g/mol. The van der Waals surface area contributed by atoms with Crippen molar-refractivity contribution in [1.29, 1.82) is 10.5 Å². The SMILES string of the molecule is COC(=O)c1nn(-c2c(Cl)cc(C(F)(F)F)cc2Cl)c(Cl)c1-c1nc(C#N)c(C#N)[nH]1. The molecule has 0 fully saturated rings. The van der Waals surface area contributed by atoms with E-state index in [1.807, 2.05) is 0 Å². The summed E-state index contributed by atoms with van der Waals surface area (Å²) in [7, 11) is 1.06. The number of carbonyl (C=O) groups is 1. The number of imidazole rings is 1. The summed E-state index contributed by atoms with van der Waals surface area (Å²) >= 11 is 18.4. The van der Waals surface area contributed by atoms with Crippen LogP contribution in [0.3, 0.4) is 0 Å². The van der Waals surface area contributed by atoms with Crippen LogP contribution in [0.2, 0.25) is 15.2 Å². The van der Waals surface area contributed by atoms with Gasteiger partial charge in [-0.2, -0.15) is 28.8 Å². The number of benzene rings is 1. The molecule has 2 aromatic heterocycles. The molecule has 1 aromatic carbocycles. The van der Waals surface area contributed by atoms with Crippen LogP contribution < -0.4 is 0 Å². The van der Waals surface area contributed by atoms with Crippen LogP contribution in [0.1, 0.15) is 27.4 Å². The van der Waals surface area contributed by atoms with Crippen molar-refractivity contribution >= 4 is 40.8 Å². The number of alkyl halides is 3. The van der Waals surface area contributed by atoms with Crippen LogP contribution in [0, 0.1) is 22.7 Å². The highest BCUT2D eigenvalue weighted by atomic mass is 35.5. The van der Waals surface area contributed by atoms with E-state index in [1.165, 1.54) is 0 Å². The van der Waals surface area contributed by atoms with Gasteiger partial charge in [-0.1, -0.05) is 34.8 Å². The molecule has 0 radical (unpaired) electrons. The minimum absolute atomic E-state index is 0.177. The molecule has 31 heavy (non-hydrogen) atoms. The number of H-pyrrole nitrogens is 1. The lowest BCUT2D eigenvalue weighted by molar-refractivity contribution is -0.137. The molecule has 0 aliphatic carbocycles. The molecule has 0 bridgehead atoms. The number of ether oxygens (including phenoxy) is 1. The van der Waals surface area contributed by atoms with Crippen molar-refractivity contribution in [2.24, 2.45) is 0 Å². The normalized spacial score (nSPS) is 11.1. The number of nitrogens with one attached hydrogen (secondary N) is 1. The number of nitrogens with zero attached hydrogens (tertiary/aromatic N) is 5. The number of aromatic amines is 1. The van der Waals surface area contributed by atoms with Crippen LogP contribution in [-0.2, 0) is 10.9 Å². The standard InChI is InChI=1S/C17H6Cl3F3N6O2/c1-31-16(30)12-11(15-26-9(4-24)10(5-25)27-15)14(20)29(28-12)13-7(18)2-6(3-8(13)19)17(21,22)23/h2-3H,1H3,(H,26,27). The first-order valence-corrected chi connectivity index (χ1v) is 9.00. The highest BCUT2D eigenvalue weighted by Crippen LogP contribution is 2.40. The minimum atomic E-state index is -4.71. The van der Waals surface area contributed by atoms with Gasteiger partial charge in [0, 0.05) is 0 Å². The second-order valence-corrected chi connectivity index (χ2v) is 6.91. The second kappa shape index (κ2) is 8.12. The molecule has 2 heterocycles. The summed E-state index contributed by atoms with van der Waals surface area (Å²) in [5, 5.41) is 20.9. The molecule has 158 valence electrons. The Bertz CT molecular complexity index is 1250. The molecule has 0 amide bonds. The average Bonchev–Trinajstić information content (AvgIpc) is 3.27. The molecule has 3 aromatic rings. The van der Waals surface area contributed by atoms with Crippen molar-refractivity contribution in [1.82, 2.24) is 19.7 Å². The third kappa shape index (κ3) is 3.91. The number of aromatic nitrogens is 4. The van der Waals surface area contributed by atoms with Crippen molar-refractivity contribution in [3.05, 3.63) is 50.0 Å². The first kappa shape index (κ1) is 22.4. The summed E-state index contributed by atoms with van der Waals surface area (Å²) in [6, 6.07) is 4.65. The molecule has 0 aliphatic rings. The fourth-order valence-corrected chi connectivity index (χ4v) is 3.53.